The zero-order valence-electron chi connectivity index (χ0n) is 13.8. The quantitative estimate of drug-likeness (QED) is 0.603. The molecule has 2 aromatic heterocycles. The van der Waals surface area contributed by atoms with Crippen LogP contribution in [0.25, 0.3) is 27.5 Å². The molecule has 130 valence electrons. The van der Waals surface area contributed by atoms with E-state index in [1.54, 1.807) is 48.0 Å². The highest BCUT2D eigenvalue weighted by Crippen LogP contribution is 2.30. The molecule has 0 aliphatic rings. The lowest BCUT2D eigenvalue weighted by Gasteiger charge is -2.09. The monoisotopic (exact) mass is 367 g/mol. The number of rotatable bonds is 3. The van der Waals surface area contributed by atoms with Crippen LogP contribution in [0.4, 0.5) is 0 Å². The van der Waals surface area contributed by atoms with Gasteiger partial charge in [-0.3, -0.25) is 9.59 Å². The predicted molar refractivity (Wildman–Crippen MR) is 100 cm³/mol. The molecule has 4 aromatic rings. The summed E-state index contributed by atoms with van der Waals surface area (Å²) in [4.78, 5) is 24.5. The van der Waals surface area contributed by atoms with Crippen molar-refractivity contribution >= 4 is 39.4 Å². The molecule has 6 nitrogen and oxygen atoms in total. The lowest BCUT2D eigenvalue weighted by atomic mass is 10.1. The van der Waals surface area contributed by atoms with E-state index in [4.69, 9.17) is 11.6 Å². The smallest absolute Gasteiger partial charge is 0.309 e. The van der Waals surface area contributed by atoms with E-state index >= 15 is 0 Å². The Morgan fingerprint density at radius 3 is 2.62 bits per heavy atom. The number of carboxylic acid groups (broad SMARTS) is 1. The number of fused-ring (bicyclic) bond motifs is 3. The molecule has 0 aliphatic carbocycles. The standard InChI is InChI=1S/C19H14ClN3O3/c1-22-15-8-7-11(20)9-13(15)17-14(10-16(24)25)21-23(19(26)18(17)22)12-5-3-2-4-6-12/h2-9H,10H2,1H3,(H,24,25). The molecular formula is C19H14ClN3O3. The molecule has 26 heavy (non-hydrogen) atoms. The van der Waals surface area contributed by atoms with Crippen LogP contribution in [0.3, 0.4) is 0 Å². The number of nitrogens with zero attached hydrogens (tertiary/aromatic N) is 3. The van der Waals surface area contributed by atoms with Crippen LogP contribution in [0.1, 0.15) is 5.69 Å². The van der Waals surface area contributed by atoms with Crippen molar-refractivity contribution in [3.05, 3.63) is 69.6 Å². The fraction of sp³-hybridized carbons (Fsp3) is 0.105. The van der Waals surface area contributed by atoms with Gasteiger partial charge < -0.3 is 9.67 Å². The first-order chi connectivity index (χ1) is 12.5. The Morgan fingerprint density at radius 2 is 1.92 bits per heavy atom. The first-order valence-corrected chi connectivity index (χ1v) is 8.32. The Balaban J connectivity index is 2.20. The molecule has 7 heteroatoms. The van der Waals surface area contributed by atoms with Crippen molar-refractivity contribution in [2.75, 3.05) is 0 Å². The van der Waals surface area contributed by atoms with E-state index < -0.39 is 5.97 Å². The molecule has 1 N–H and O–H groups in total. The molecular weight excluding hydrogens is 354 g/mol. The van der Waals surface area contributed by atoms with Gasteiger partial charge in [-0.2, -0.15) is 9.78 Å². The fourth-order valence-electron chi connectivity index (χ4n) is 3.29. The summed E-state index contributed by atoms with van der Waals surface area (Å²) in [6.07, 6.45) is -0.296. The lowest BCUT2D eigenvalue weighted by Crippen LogP contribution is -2.25. The summed E-state index contributed by atoms with van der Waals surface area (Å²) in [7, 11) is 1.78. The molecule has 0 bridgehead atoms. The van der Waals surface area contributed by atoms with E-state index in [9.17, 15) is 14.7 Å². The molecule has 0 amide bonds. The fourth-order valence-corrected chi connectivity index (χ4v) is 3.46. The lowest BCUT2D eigenvalue weighted by molar-refractivity contribution is -0.136. The normalized spacial score (nSPS) is 11.3. The number of halogens is 1. The Kier molecular flexibility index (Phi) is 3.77. The summed E-state index contributed by atoms with van der Waals surface area (Å²) in [6.45, 7) is 0. The van der Waals surface area contributed by atoms with Crippen molar-refractivity contribution in [3.8, 4) is 5.69 Å². The highest BCUT2D eigenvalue weighted by Gasteiger charge is 2.21. The van der Waals surface area contributed by atoms with Crippen LogP contribution in [0.2, 0.25) is 5.02 Å². The third-order valence-electron chi connectivity index (χ3n) is 4.39. The van der Waals surface area contributed by atoms with Crippen LogP contribution in [-0.4, -0.2) is 25.4 Å². The molecule has 0 fully saturated rings. The summed E-state index contributed by atoms with van der Waals surface area (Å²) in [5.41, 5.74) is 1.78. The van der Waals surface area contributed by atoms with E-state index in [1.165, 1.54) is 4.68 Å². The average molecular weight is 368 g/mol. The molecule has 2 aromatic carbocycles. The van der Waals surface area contributed by atoms with Gasteiger partial charge in [-0.1, -0.05) is 29.8 Å². The number of aromatic nitrogens is 3. The molecule has 0 unspecified atom stereocenters. The first kappa shape index (κ1) is 16.4. The zero-order valence-corrected chi connectivity index (χ0v) is 14.6. The Bertz CT molecular complexity index is 1230. The number of hydrogen-bond donors (Lipinski definition) is 1. The van der Waals surface area contributed by atoms with Crippen LogP contribution in [0, 0.1) is 0 Å². The minimum Gasteiger partial charge on any atom is -0.481 e. The maximum absolute atomic E-state index is 13.1. The maximum Gasteiger partial charge on any atom is 0.309 e. The first-order valence-electron chi connectivity index (χ1n) is 7.94. The third kappa shape index (κ3) is 2.46. The Labute approximate surface area is 152 Å². The molecule has 0 aliphatic heterocycles. The van der Waals surface area contributed by atoms with E-state index in [0.29, 0.717) is 27.3 Å². The van der Waals surface area contributed by atoms with Crippen molar-refractivity contribution in [1.82, 2.24) is 14.3 Å². The van der Waals surface area contributed by atoms with Crippen molar-refractivity contribution in [3.63, 3.8) is 0 Å². The van der Waals surface area contributed by atoms with Crippen molar-refractivity contribution < 1.29 is 9.90 Å². The van der Waals surface area contributed by atoms with Crippen LogP contribution in [0.15, 0.2) is 53.3 Å². The SMILES string of the molecule is Cn1c2ccc(Cl)cc2c2c(CC(=O)O)nn(-c3ccccc3)c(=O)c21. The third-order valence-corrected chi connectivity index (χ3v) is 4.62. The van der Waals surface area contributed by atoms with Gasteiger partial charge in [0.2, 0.25) is 0 Å². The maximum atomic E-state index is 13.1. The summed E-state index contributed by atoms with van der Waals surface area (Å²) in [5, 5.41) is 15.5. The van der Waals surface area contributed by atoms with Gasteiger partial charge in [0.25, 0.3) is 5.56 Å². The minimum atomic E-state index is -1.02. The van der Waals surface area contributed by atoms with Crippen LogP contribution in [0.5, 0.6) is 0 Å². The van der Waals surface area contributed by atoms with E-state index in [0.717, 1.165) is 10.9 Å². The van der Waals surface area contributed by atoms with Gasteiger partial charge in [-0.15, -0.1) is 0 Å². The number of benzene rings is 2. The zero-order chi connectivity index (χ0) is 18.4. The largest absolute Gasteiger partial charge is 0.481 e. The second-order valence-electron chi connectivity index (χ2n) is 6.01. The number of carboxylic acids is 1. The molecule has 0 radical (unpaired) electrons. The second-order valence-corrected chi connectivity index (χ2v) is 6.45. The van der Waals surface area contributed by atoms with E-state index in [2.05, 4.69) is 5.10 Å². The molecule has 2 heterocycles. The van der Waals surface area contributed by atoms with Crippen LogP contribution < -0.4 is 5.56 Å². The van der Waals surface area contributed by atoms with Gasteiger partial charge in [0.05, 0.1) is 17.8 Å². The van der Waals surface area contributed by atoms with Gasteiger partial charge in [0, 0.05) is 28.4 Å². The topological polar surface area (TPSA) is 77.1 Å². The summed E-state index contributed by atoms with van der Waals surface area (Å²) in [5.74, 6) is -1.02. The van der Waals surface area contributed by atoms with Gasteiger partial charge in [-0.25, -0.2) is 0 Å². The Hall–Kier alpha value is -3.12. The molecule has 0 spiro atoms. The molecule has 0 saturated heterocycles. The number of carbonyl (C=O) groups is 1. The number of hydrogen-bond acceptors (Lipinski definition) is 3. The van der Waals surface area contributed by atoms with Crippen molar-refractivity contribution in [1.29, 1.82) is 0 Å². The predicted octanol–water partition coefficient (Wildman–Crippen LogP) is 3.16. The average Bonchev–Trinajstić information content (AvgIpc) is 2.90. The Morgan fingerprint density at radius 1 is 1.19 bits per heavy atom. The van der Waals surface area contributed by atoms with Crippen LogP contribution >= 0.6 is 11.6 Å². The summed E-state index contributed by atoms with van der Waals surface area (Å²) in [6, 6.07) is 14.2. The van der Waals surface area contributed by atoms with Crippen molar-refractivity contribution in [2.45, 2.75) is 6.42 Å². The molecule has 4 rings (SSSR count). The number of aryl methyl sites for hydroxylation is 1. The molecule has 0 atom stereocenters. The van der Waals surface area contributed by atoms with Gasteiger partial charge in [-0.05, 0) is 30.3 Å². The summed E-state index contributed by atoms with van der Waals surface area (Å²) < 4.78 is 3.01. The van der Waals surface area contributed by atoms with Crippen LogP contribution in [-0.2, 0) is 18.3 Å². The minimum absolute atomic E-state index is 0.296. The van der Waals surface area contributed by atoms with E-state index in [1.807, 2.05) is 12.1 Å². The number of aliphatic carboxylic acids is 1. The van der Waals surface area contributed by atoms with E-state index in [-0.39, 0.29) is 12.0 Å². The van der Waals surface area contributed by atoms with Crippen molar-refractivity contribution in [2.24, 2.45) is 7.05 Å². The summed E-state index contributed by atoms with van der Waals surface area (Å²) >= 11 is 6.12. The highest BCUT2D eigenvalue weighted by atomic mass is 35.5. The van der Waals surface area contributed by atoms with Gasteiger partial charge >= 0.3 is 5.97 Å². The number of para-hydroxylation sites is 1. The molecule has 0 saturated carbocycles. The highest BCUT2D eigenvalue weighted by molar-refractivity contribution is 6.32. The van der Waals surface area contributed by atoms with Gasteiger partial charge in [0.1, 0.15) is 5.52 Å². The van der Waals surface area contributed by atoms with Gasteiger partial charge in [0.15, 0.2) is 0 Å². The second kappa shape index (κ2) is 6.00.